The number of carbonyl (C=O) groups excluding carboxylic acids is 1. The first kappa shape index (κ1) is 19.7. The molecule has 0 N–H and O–H groups in total. The molecular weight excluding hydrogens is 398 g/mol. The predicted octanol–water partition coefficient (Wildman–Crippen LogP) is 4.96. The lowest BCUT2D eigenvalue weighted by Crippen LogP contribution is -2.15. The first-order valence-electron chi connectivity index (χ1n) is 9.55. The topological polar surface area (TPSA) is 77.5 Å². The summed E-state index contributed by atoms with van der Waals surface area (Å²) in [4.78, 5) is 28.2. The summed E-state index contributed by atoms with van der Waals surface area (Å²) in [6, 6.07) is 22.3. The second-order valence-corrected chi connectivity index (χ2v) is 7.82. The Morgan fingerprint density at radius 2 is 1.73 bits per heavy atom. The van der Waals surface area contributed by atoms with Crippen molar-refractivity contribution in [3.63, 3.8) is 0 Å². The molecular formula is C23H19N3O3S. The van der Waals surface area contributed by atoms with E-state index in [1.165, 1.54) is 29.0 Å². The van der Waals surface area contributed by atoms with Crippen molar-refractivity contribution in [2.45, 2.75) is 19.9 Å². The van der Waals surface area contributed by atoms with Gasteiger partial charge in [-0.1, -0.05) is 53.8 Å². The summed E-state index contributed by atoms with van der Waals surface area (Å²) < 4.78 is 2.63. The monoisotopic (exact) mass is 417 g/mol. The molecule has 150 valence electrons. The summed E-state index contributed by atoms with van der Waals surface area (Å²) in [7, 11) is 0. The molecule has 0 unspecified atom stereocenters. The number of carbonyl (C=O) groups is 1. The van der Waals surface area contributed by atoms with Crippen molar-refractivity contribution >= 4 is 33.1 Å². The summed E-state index contributed by atoms with van der Waals surface area (Å²) in [5.74, 6) is -0.329. The van der Waals surface area contributed by atoms with E-state index in [1.807, 2.05) is 41.8 Å². The minimum absolute atomic E-state index is 0.0267. The van der Waals surface area contributed by atoms with E-state index in [0.29, 0.717) is 16.9 Å². The lowest BCUT2D eigenvalue weighted by atomic mass is 10.0. The van der Waals surface area contributed by atoms with Crippen LogP contribution in [-0.4, -0.2) is 15.4 Å². The average molecular weight is 417 g/mol. The predicted molar refractivity (Wildman–Crippen MR) is 118 cm³/mol. The van der Waals surface area contributed by atoms with Gasteiger partial charge in [-0.2, -0.15) is 4.99 Å². The van der Waals surface area contributed by atoms with Crippen LogP contribution in [-0.2, 0) is 13.0 Å². The number of non-ortho nitro benzene ring substituents is 1. The molecule has 0 fully saturated rings. The van der Waals surface area contributed by atoms with Crippen LogP contribution in [0.3, 0.4) is 0 Å². The van der Waals surface area contributed by atoms with E-state index in [-0.39, 0.29) is 11.6 Å². The van der Waals surface area contributed by atoms with Crippen LogP contribution < -0.4 is 4.80 Å². The van der Waals surface area contributed by atoms with Crippen LogP contribution >= 0.6 is 11.3 Å². The number of benzene rings is 3. The highest BCUT2D eigenvalue weighted by atomic mass is 32.1. The zero-order chi connectivity index (χ0) is 21.1. The number of nitro groups is 1. The molecule has 1 amide bonds. The van der Waals surface area contributed by atoms with Crippen LogP contribution in [0.4, 0.5) is 5.69 Å². The molecule has 1 aromatic heterocycles. The van der Waals surface area contributed by atoms with Gasteiger partial charge in [0.15, 0.2) is 4.80 Å². The average Bonchev–Trinajstić information content (AvgIpc) is 3.11. The summed E-state index contributed by atoms with van der Waals surface area (Å²) >= 11 is 1.28. The molecule has 0 saturated heterocycles. The van der Waals surface area contributed by atoms with Crippen LogP contribution in [0.25, 0.3) is 10.2 Å². The van der Waals surface area contributed by atoms with Gasteiger partial charge in [-0.3, -0.25) is 14.9 Å². The number of hydrogen-bond acceptors (Lipinski definition) is 4. The van der Waals surface area contributed by atoms with Crippen molar-refractivity contribution in [3.8, 4) is 0 Å². The Hall–Kier alpha value is -3.58. The third kappa shape index (κ3) is 4.06. The highest BCUT2D eigenvalue weighted by Crippen LogP contribution is 2.23. The van der Waals surface area contributed by atoms with Gasteiger partial charge in [0.05, 0.1) is 15.1 Å². The van der Waals surface area contributed by atoms with Crippen LogP contribution in [0, 0.1) is 10.1 Å². The zero-order valence-electron chi connectivity index (χ0n) is 16.3. The first-order chi connectivity index (χ1) is 14.5. The Bertz CT molecular complexity index is 1290. The summed E-state index contributed by atoms with van der Waals surface area (Å²) in [6.45, 7) is 2.56. The van der Waals surface area contributed by atoms with Crippen LogP contribution in [0.2, 0.25) is 0 Å². The molecule has 3 aromatic carbocycles. The number of aryl methyl sites for hydroxylation is 1. The van der Waals surface area contributed by atoms with E-state index < -0.39 is 4.92 Å². The molecule has 30 heavy (non-hydrogen) atoms. The van der Waals surface area contributed by atoms with Gasteiger partial charge in [-0.15, -0.1) is 0 Å². The molecule has 0 aliphatic carbocycles. The fourth-order valence-corrected chi connectivity index (χ4v) is 4.44. The van der Waals surface area contributed by atoms with E-state index >= 15 is 0 Å². The Morgan fingerprint density at radius 1 is 1.03 bits per heavy atom. The van der Waals surface area contributed by atoms with Gasteiger partial charge in [0.2, 0.25) is 0 Å². The normalized spacial score (nSPS) is 11.7. The van der Waals surface area contributed by atoms with Crippen LogP contribution in [0.1, 0.15) is 28.4 Å². The van der Waals surface area contributed by atoms with Crippen molar-refractivity contribution in [1.82, 2.24) is 4.57 Å². The Kier molecular flexibility index (Phi) is 5.54. The number of aromatic nitrogens is 1. The maximum absolute atomic E-state index is 12.7. The van der Waals surface area contributed by atoms with Gasteiger partial charge < -0.3 is 4.57 Å². The highest BCUT2D eigenvalue weighted by Gasteiger charge is 2.12. The lowest BCUT2D eigenvalue weighted by molar-refractivity contribution is -0.384. The molecule has 1 heterocycles. The van der Waals surface area contributed by atoms with Crippen molar-refractivity contribution in [2.75, 3.05) is 0 Å². The Morgan fingerprint density at radius 3 is 2.40 bits per heavy atom. The number of nitro benzene ring substituents is 1. The second-order valence-electron chi connectivity index (χ2n) is 6.81. The molecule has 0 aliphatic heterocycles. The largest absolute Gasteiger partial charge is 0.317 e. The molecule has 0 aliphatic rings. The third-order valence-electron chi connectivity index (χ3n) is 4.84. The highest BCUT2D eigenvalue weighted by molar-refractivity contribution is 7.16. The Labute approximate surface area is 176 Å². The molecule has 0 radical (unpaired) electrons. The smallest absolute Gasteiger partial charge is 0.279 e. The quantitative estimate of drug-likeness (QED) is 0.340. The van der Waals surface area contributed by atoms with Gasteiger partial charge >= 0.3 is 0 Å². The first-order valence-corrected chi connectivity index (χ1v) is 10.4. The van der Waals surface area contributed by atoms with Crippen molar-refractivity contribution in [2.24, 2.45) is 4.99 Å². The maximum atomic E-state index is 12.7. The molecule has 0 atom stereocenters. The Balaban J connectivity index is 1.63. The van der Waals surface area contributed by atoms with Crippen molar-refractivity contribution in [1.29, 1.82) is 0 Å². The van der Waals surface area contributed by atoms with Gasteiger partial charge in [0, 0.05) is 24.2 Å². The van der Waals surface area contributed by atoms with Gasteiger partial charge in [0.1, 0.15) is 0 Å². The fraction of sp³-hybridized carbons (Fsp3) is 0.130. The summed E-state index contributed by atoms with van der Waals surface area (Å²) in [5, 5.41) is 11.0. The third-order valence-corrected chi connectivity index (χ3v) is 5.88. The van der Waals surface area contributed by atoms with E-state index in [2.05, 4.69) is 17.1 Å². The van der Waals surface area contributed by atoms with E-state index in [4.69, 9.17) is 0 Å². The summed E-state index contributed by atoms with van der Waals surface area (Å²) in [6.07, 6.45) is 0.803. The SMILES string of the molecule is CCn1c(=NC(=O)c2ccc(Cc3ccccc3)cc2)sc2cc([N+](=O)[O-])ccc21. The number of nitrogens with zero attached hydrogens (tertiary/aromatic N) is 3. The zero-order valence-corrected chi connectivity index (χ0v) is 17.1. The van der Waals surface area contributed by atoms with Gasteiger partial charge in [-0.05, 0) is 42.7 Å². The molecule has 4 aromatic rings. The second kappa shape index (κ2) is 8.42. The van der Waals surface area contributed by atoms with E-state index in [9.17, 15) is 14.9 Å². The summed E-state index contributed by atoms with van der Waals surface area (Å²) in [5.41, 5.74) is 3.70. The standard InChI is InChI=1S/C23H19N3O3S/c1-2-25-20-13-12-19(26(28)29)15-21(20)30-23(25)24-22(27)18-10-8-17(9-11-18)14-16-6-4-3-5-7-16/h3-13,15H,2,14H2,1H3. The van der Waals surface area contributed by atoms with E-state index in [0.717, 1.165) is 22.2 Å². The molecule has 0 spiro atoms. The van der Waals surface area contributed by atoms with Crippen molar-refractivity contribution in [3.05, 3.63) is 104 Å². The minimum atomic E-state index is -0.422. The number of thiazole rings is 1. The van der Waals surface area contributed by atoms with Gasteiger partial charge in [-0.25, -0.2) is 0 Å². The maximum Gasteiger partial charge on any atom is 0.279 e. The van der Waals surface area contributed by atoms with Crippen LogP contribution in [0.5, 0.6) is 0 Å². The number of amides is 1. The lowest BCUT2D eigenvalue weighted by Gasteiger charge is -2.03. The molecule has 0 bridgehead atoms. The molecule has 0 saturated carbocycles. The molecule has 4 rings (SSSR count). The number of rotatable bonds is 5. The molecule has 7 heteroatoms. The van der Waals surface area contributed by atoms with Gasteiger partial charge in [0.25, 0.3) is 11.6 Å². The van der Waals surface area contributed by atoms with E-state index in [1.54, 1.807) is 18.2 Å². The number of fused-ring (bicyclic) bond motifs is 1. The van der Waals surface area contributed by atoms with Crippen molar-refractivity contribution < 1.29 is 9.72 Å². The van der Waals surface area contributed by atoms with Crippen LogP contribution in [0.15, 0.2) is 77.8 Å². The minimum Gasteiger partial charge on any atom is -0.317 e. The number of hydrogen-bond donors (Lipinski definition) is 0. The molecule has 6 nitrogen and oxygen atoms in total. The fourth-order valence-electron chi connectivity index (χ4n) is 3.31.